The highest BCUT2D eigenvalue weighted by molar-refractivity contribution is 5.57. The van der Waals surface area contributed by atoms with E-state index in [-0.39, 0.29) is 0 Å². The van der Waals surface area contributed by atoms with Crippen molar-refractivity contribution >= 4 is 11.4 Å². The maximum Gasteiger partial charge on any atom is 0.199 e. The summed E-state index contributed by atoms with van der Waals surface area (Å²) in [6.45, 7) is 2.18. The molecule has 176 valence electrons. The molecule has 2 aromatic carbocycles. The summed E-state index contributed by atoms with van der Waals surface area (Å²) in [5.41, 5.74) is 7.13. The molecule has 33 heavy (non-hydrogen) atoms. The lowest BCUT2D eigenvalue weighted by Crippen LogP contribution is -2.62. The summed E-state index contributed by atoms with van der Waals surface area (Å²) < 4.78 is 22.7. The second kappa shape index (κ2) is 9.30. The van der Waals surface area contributed by atoms with Gasteiger partial charge in [-0.3, -0.25) is 0 Å². The number of aromatic amines is 1. The van der Waals surface area contributed by atoms with Gasteiger partial charge in [-0.05, 0) is 49.4 Å². The molecular weight excluding hydrogens is 424 g/mol. The minimum absolute atomic E-state index is 0.399. The molecule has 0 bridgehead atoms. The molecule has 0 aliphatic carbocycles. The summed E-state index contributed by atoms with van der Waals surface area (Å²) >= 11 is 0. The van der Waals surface area contributed by atoms with Crippen molar-refractivity contribution in [3.8, 4) is 11.5 Å². The molecule has 4 rings (SSSR count). The minimum Gasteiger partial charge on any atom is -0.497 e. The second-order valence-corrected chi connectivity index (χ2v) is 8.14. The van der Waals surface area contributed by atoms with Gasteiger partial charge in [0.1, 0.15) is 23.4 Å². The number of hydrogen-bond acceptors (Lipinski definition) is 8. The molecule has 4 N–H and O–H groups in total. The molecule has 1 aromatic heterocycles. The van der Waals surface area contributed by atoms with Crippen LogP contribution in [0.3, 0.4) is 0 Å². The van der Waals surface area contributed by atoms with Gasteiger partial charge in [0.05, 0.1) is 19.7 Å². The first-order valence-corrected chi connectivity index (χ1v) is 10.6. The number of methoxy groups -OCH3 is 3. The van der Waals surface area contributed by atoms with Crippen molar-refractivity contribution in [2.75, 3.05) is 32.0 Å². The smallest absolute Gasteiger partial charge is 0.199 e. The zero-order chi connectivity index (χ0) is 23.6. The molecule has 1 aliphatic heterocycles. The van der Waals surface area contributed by atoms with E-state index in [1.807, 2.05) is 36.4 Å². The van der Waals surface area contributed by atoms with Gasteiger partial charge in [-0.1, -0.05) is 0 Å². The van der Waals surface area contributed by atoms with Crippen molar-refractivity contribution in [3.63, 3.8) is 0 Å². The van der Waals surface area contributed by atoms with Crippen molar-refractivity contribution in [3.05, 3.63) is 66.2 Å². The summed E-state index contributed by atoms with van der Waals surface area (Å²) in [6.07, 6.45) is 1.60. The fourth-order valence-electron chi connectivity index (χ4n) is 4.43. The van der Waals surface area contributed by atoms with Crippen molar-refractivity contribution in [1.29, 1.82) is 0 Å². The molecule has 0 unspecified atom stereocenters. The molecule has 0 radical (unpaired) electrons. The zero-order valence-corrected chi connectivity index (χ0v) is 19.2. The van der Waals surface area contributed by atoms with Crippen LogP contribution < -0.4 is 20.1 Å². The number of imidazole rings is 1. The van der Waals surface area contributed by atoms with Crippen LogP contribution in [0.1, 0.15) is 24.4 Å². The van der Waals surface area contributed by atoms with E-state index in [0.717, 1.165) is 22.8 Å². The number of H-pyrrole nitrogens is 1. The highest BCUT2D eigenvalue weighted by Crippen LogP contribution is 2.47. The van der Waals surface area contributed by atoms with Gasteiger partial charge in [0, 0.05) is 43.6 Å². The number of nitrogens with one attached hydrogen (secondary N) is 1. The van der Waals surface area contributed by atoms with Crippen LogP contribution in [0.5, 0.6) is 11.5 Å². The van der Waals surface area contributed by atoms with Crippen LogP contribution in [0, 0.1) is 0 Å². The summed E-state index contributed by atoms with van der Waals surface area (Å²) in [6, 6.07) is 12.5. The number of nitrogen functional groups attached to an aromatic ring is 1. The number of hydrogen-bond donors (Lipinski definition) is 3. The van der Waals surface area contributed by atoms with Crippen molar-refractivity contribution in [2.45, 2.75) is 37.5 Å². The molecule has 0 fully saturated rings. The van der Waals surface area contributed by atoms with Crippen LogP contribution in [-0.2, 0) is 16.0 Å². The van der Waals surface area contributed by atoms with Crippen molar-refractivity contribution in [2.24, 2.45) is 0 Å². The van der Waals surface area contributed by atoms with E-state index in [0.29, 0.717) is 18.0 Å². The molecule has 0 spiro atoms. The Kier molecular flexibility index (Phi) is 6.46. The number of ether oxygens (including phenoxy) is 4. The Morgan fingerprint density at radius 3 is 2.52 bits per heavy atom. The molecular formula is C24H30N4O5. The fraction of sp³-hybridized carbons (Fsp3) is 0.375. The fourth-order valence-corrected chi connectivity index (χ4v) is 4.43. The lowest BCUT2D eigenvalue weighted by molar-refractivity contribution is -0.237. The largest absolute Gasteiger partial charge is 0.497 e. The first kappa shape index (κ1) is 22.9. The number of fused-ring (bicyclic) bond motifs is 1. The Bertz CT molecular complexity index is 1060. The van der Waals surface area contributed by atoms with Crippen LogP contribution in [0.15, 0.2) is 54.9 Å². The van der Waals surface area contributed by atoms with Crippen LogP contribution in [-0.4, -0.2) is 54.4 Å². The average Bonchev–Trinajstić information content (AvgIpc) is 3.33. The first-order chi connectivity index (χ1) is 15.9. The highest BCUT2D eigenvalue weighted by atomic mass is 16.7. The third kappa shape index (κ3) is 4.22. The van der Waals surface area contributed by atoms with Gasteiger partial charge in [0.15, 0.2) is 11.9 Å². The van der Waals surface area contributed by atoms with E-state index in [2.05, 4.69) is 14.9 Å². The maximum atomic E-state index is 11.8. The number of aliphatic hydroxyl groups excluding tert-OH is 1. The second-order valence-electron chi connectivity index (χ2n) is 8.14. The maximum absolute atomic E-state index is 11.8. The number of anilines is 2. The molecule has 3 aromatic rings. The molecule has 0 amide bonds. The Hall–Kier alpha value is -3.27. The number of aromatic nitrogens is 2. The number of benzene rings is 2. The lowest BCUT2D eigenvalue weighted by atomic mass is 9.83. The third-order valence-corrected chi connectivity index (χ3v) is 6.08. The van der Waals surface area contributed by atoms with Gasteiger partial charge in [0.25, 0.3) is 0 Å². The predicted molar refractivity (Wildman–Crippen MR) is 124 cm³/mol. The van der Waals surface area contributed by atoms with E-state index in [1.54, 1.807) is 32.5 Å². The topological polar surface area (TPSA) is 115 Å². The summed E-state index contributed by atoms with van der Waals surface area (Å²) in [5.74, 6) is 2.07. The number of rotatable bonds is 8. The molecule has 9 nitrogen and oxygen atoms in total. The number of nitrogens with zero attached hydrogens (tertiary/aromatic N) is 2. The minimum atomic E-state index is -1.20. The number of aliphatic hydroxyl groups is 1. The zero-order valence-electron chi connectivity index (χ0n) is 19.2. The molecule has 2 heterocycles. The Morgan fingerprint density at radius 1 is 1.18 bits per heavy atom. The summed E-state index contributed by atoms with van der Waals surface area (Å²) in [7, 11) is 4.66. The molecule has 1 aliphatic rings. The van der Waals surface area contributed by atoms with E-state index in [4.69, 9.17) is 24.7 Å². The van der Waals surface area contributed by atoms with Gasteiger partial charge in [-0.2, -0.15) is 0 Å². The van der Waals surface area contributed by atoms with Gasteiger partial charge in [-0.25, -0.2) is 4.98 Å². The van der Waals surface area contributed by atoms with E-state index in [1.165, 1.54) is 14.2 Å². The Labute approximate surface area is 193 Å². The Morgan fingerprint density at radius 2 is 1.91 bits per heavy atom. The lowest BCUT2D eigenvalue weighted by Gasteiger charge is -2.50. The molecule has 0 saturated heterocycles. The summed E-state index contributed by atoms with van der Waals surface area (Å²) in [5, 5.41) is 11.8. The Balaban J connectivity index is 1.87. The van der Waals surface area contributed by atoms with Gasteiger partial charge >= 0.3 is 0 Å². The van der Waals surface area contributed by atoms with E-state index in [9.17, 15) is 5.11 Å². The van der Waals surface area contributed by atoms with Crippen LogP contribution >= 0.6 is 0 Å². The van der Waals surface area contributed by atoms with Crippen LogP contribution in [0.25, 0.3) is 0 Å². The standard InChI is InChI=1S/C24H30N4O5/c1-24(23(31-3)32-4)22(29)21(18-13-15(25)5-10-19(18)33-24)28(14-20-26-11-12-27-20)16-6-8-17(30-2)9-7-16/h5-13,21-23,29H,14,25H2,1-4H3,(H,26,27)/t21-,22+,24-/m1/s1. The van der Waals surface area contributed by atoms with E-state index < -0.39 is 24.0 Å². The summed E-state index contributed by atoms with van der Waals surface area (Å²) in [4.78, 5) is 9.61. The van der Waals surface area contributed by atoms with Crippen molar-refractivity contribution < 1.29 is 24.1 Å². The van der Waals surface area contributed by atoms with Crippen LogP contribution in [0.4, 0.5) is 11.4 Å². The number of nitrogens with two attached hydrogens (primary N) is 1. The normalized spacial score (nSPS) is 22.0. The predicted octanol–water partition coefficient (Wildman–Crippen LogP) is 2.88. The van der Waals surface area contributed by atoms with Crippen molar-refractivity contribution in [1.82, 2.24) is 9.97 Å². The SMILES string of the molecule is COc1ccc(N(Cc2ncc[nH]2)[C@@H]2c3cc(N)ccc3O[C@@](C)(C(OC)OC)[C@H]2O)cc1. The first-order valence-electron chi connectivity index (χ1n) is 10.6. The quantitative estimate of drug-likeness (QED) is 0.352. The molecule has 0 saturated carbocycles. The average molecular weight is 455 g/mol. The van der Waals surface area contributed by atoms with Crippen LogP contribution in [0.2, 0.25) is 0 Å². The van der Waals surface area contributed by atoms with Gasteiger partial charge in [-0.15, -0.1) is 0 Å². The van der Waals surface area contributed by atoms with E-state index >= 15 is 0 Å². The van der Waals surface area contributed by atoms with Gasteiger partial charge in [0.2, 0.25) is 0 Å². The third-order valence-electron chi connectivity index (χ3n) is 6.08. The monoisotopic (exact) mass is 454 g/mol. The van der Waals surface area contributed by atoms with Gasteiger partial charge < -0.3 is 39.7 Å². The highest BCUT2D eigenvalue weighted by Gasteiger charge is 2.54. The molecule has 3 atom stereocenters. The molecule has 9 heteroatoms.